The number of amides is 1. The predicted octanol–water partition coefficient (Wildman–Crippen LogP) is 4.28. The molecule has 1 heterocycles. The van der Waals surface area contributed by atoms with Crippen molar-refractivity contribution in [3.05, 3.63) is 83.8 Å². The van der Waals surface area contributed by atoms with Crippen molar-refractivity contribution in [3.8, 4) is 0 Å². The number of anilines is 2. The van der Waals surface area contributed by atoms with Crippen LogP contribution in [-0.2, 0) is 6.54 Å². The molecular weight excluding hydrogens is 343 g/mol. The summed E-state index contributed by atoms with van der Waals surface area (Å²) in [6, 6.07) is 19.4. The number of aromatic nitrogens is 2. The second-order valence-electron chi connectivity index (χ2n) is 6.45. The van der Waals surface area contributed by atoms with Gasteiger partial charge in [-0.15, -0.1) is 10.2 Å². The van der Waals surface area contributed by atoms with Crippen molar-refractivity contribution >= 4 is 17.4 Å². The molecule has 27 heavy (non-hydrogen) atoms. The molecule has 0 bridgehead atoms. The third kappa shape index (κ3) is 4.88. The van der Waals surface area contributed by atoms with E-state index in [1.54, 1.807) is 18.2 Å². The maximum Gasteiger partial charge on any atom is 0.276 e. The zero-order valence-electron chi connectivity index (χ0n) is 15.3. The van der Waals surface area contributed by atoms with Crippen LogP contribution in [0.5, 0.6) is 0 Å². The molecule has 0 unspecified atom stereocenters. The number of nitrogens with zero attached hydrogens (tertiary/aromatic N) is 3. The van der Waals surface area contributed by atoms with Gasteiger partial charge >= 0.3 is 0 Å². The number of rotatable bonds is 6. The molecule has 3 aromatic rings. The van der Waals surface area contributed by atoms with Gasteiger partial charge in [-0.3, -0.25) is 4.79 Å². The van der Waals surface area contributed by atoms with E-state index in [0.717, 1.165) is 0 Å². The number of benzene rings is 2. The summed E-state index contributed by atoms with van der Waals surface area (Å²) in [6.45, 7) is 4.85. The molecule has 0 aliphatic carbocycles. The normalized spacial score (nSPS) is 10.7. The number of hydrogen-bond donors (Lipinski definition) is 1. The van der Waals surface area contributed by atoms with Gasteiger partial charge in [-0.1, -0.05) is 36.4 Å². The average molecular weight is 364 g/mol. The van der Waals surface area contributed by atoms with E-state index in [1.807, 2.05) is 18.2 Å². The number of hydrogen-bond acceptors (Lipinski definition) is 4. The molecule has 0 radical (unpaired) electrons. The quantitative estimate of drug-likeness (QED) is 0.709. The standard InChI is InChI=1S/C21H21FN4O/c1-15(2)26(14-16-7-4-3-5-8-16)20-12-11-19(24-25-20)21(27)23-18-10-6-9-17(22)13-18/h3-13,15H,14H2,1-2H3,(H,23,27). The van der Waals surface area contributed by atoms with Gasteiger partial charge in [-0.2, -0.15) is 0 Å². The molecule has 1 amide bonds. The molecule has 0 fully saturated rings. The summed E-state index contributed by atoms with van der Waals surface area (Å²) >= 11 is 0. The highest BCUT2D eigenvalue weighted by molar-refractivity contribution is 6.02. The Kier molecular flexibility index (Phi) is 5.76. The first-order valence-electron chi connectivity index (χ1n) is 8.74. The van der Waals surface area contributed by atoms with E-state index in [1.165, 1.54) is 23.8 Å². The van der Waals surface area contributed by atoms with Gasteiger partial charge in [-0.05, 0) is 49.7 Å². The highest BCUT2D eigenvalue weighted by Gasteiger charge is 2.15. The van der Waals surface area contributed by atoms with Gasteiger partial charge in [0.1, 0.15) is 5.82 Å². The fourth-order valence-electron chi connectivity index (χ4n) is 2.67. The summed E-state index contributed by atoms with van der Waals surface area (Å²) < 4.78 is 13.2. The van der Waals surface area contributed by atoms with Crippen molar-refractivity contribution in [2.75, 3.05) is 10.2 Å². The largest absolute Gasteiger partial charge is 0.348 e. The van der Waals surface area contributed by atoms with Gasteiger partial charge in [0.05, 0.1) is 0 Å². The fraction of sp³-hybridized carbons (Fsp3) is 0.190. The second kappa shape index (κ2) is 8.40. The Hall–Kier alpha value is -3.28. The van der Waals surface area contributed by atoms with Gasteiger partial charge in [0.2, 0.25) is 0 Å². The maximum absolute atomic E-state index is 13.2. The van der Waals surface area contributed by atoms with Crippen LogP contribution in [0.3, 0.4) is 0 Å². The fourth-order valence-corrected chi connectivity index (χ4v) is 2.67. The molecule has 138 valence electrons. The topological polar surface area (TPSA) is 58.1 Å². The first kappa shape index (κ1) is 18.5. The van der Waals surface area contributed by atoms with Crippen LogP contribution in [0.1, 0.15) is 29.9 Å². The molecule has 0 aliphatic heterocycles. The molecule has 0 spiro atoms. The molecule has 0 saturated carbocycles. The minimum absolute atomic E-state index is 0.173. The first-order chi connectivity index (χ1) is 13.0. The highest BCUT2D eigenvalue weighted by Crippen LogP contribution is 2.18. The summed E-state index contributed by atoms with van der Waals surface area (Å²) in [5.74, 6) is -0.155. The molecule has 5 nitrogen and oxygen atoms in total. The minimum atomic E-state index is -0.432. The van der Waals surface area contributed by atoms with Crippen molar-refractivity contribution in [1.82, 2.24) is 10.2 Å². The number of nitrogens with one attached hydrogen (secondary N) is 1. The van der Waals surface area contributed by atoms with Crippen LogP contribution in [0, 0.1) is 5.82 Å². The molecule has 1 aromatic heterocycles. The van der Waals surface area contributed by atoms with Crippen molar-refractivity contribution < 1.29 is 9.18 Å². The van der Waals surface area contributed by atoms with Crippen molar-refractivity contribution in [1.29, 1.82) is 0 Å². The second-order valence-corrected chi connectivity index (χ2v) is 6.45. The summed E-state index contributed by atoms with van der Waals surface area (Å²) in [4.78, 5) is 14.4. The van der Waals surface area contributed by atoms with Crippen LogP contribution in [-0.4, -0.2) is 22.1 Å². The van der Waals surface area contributed by atoms with E-state index in [2.05, 4.69) is 46.4 Å². The SMILES string of the molecule is CC(C)N(Cc1ccccc1)c1ccc(C(=O)Nc2cccc(F)c2)nn1. The Morgan fingerprint density at radius 3 is 2.44 bits per heavy atom. The molecule has 3 rings (SSSR count). The Morgan fingerprint density at radius 2 is 1.81 bits per heavy atom. The average Bonchev–Trinajstić information content (AvgIpc) is 2.67. The Bertz CT molecular complexity index is 898. The highest BCUT2D eigenvalue weighted by atomic mass is 19.1. The van der Waals surface area contributed by atoms with Gasteiger partial charge in [-0.25, -0.2) is 4.39 Å². The molecule has 6 heteroatoms. The number of halogens is 1. The molecule has 2 aromatic carbocycles. The number of carbonyl (C=O) groups excluding carboxylic acids is 1. The lowest BCUT2D eigenvalue weighted by atomic mass is 10.2. The van der Waals surface area contributed by atoms with Crippen LogP contribution in [0.2, 0.25) is 0 Å². The van der Waals surface area contributed by atoms with E-state index < -0.39 is 11.7 Å². The summed E-state index contributed by atoms with van der Waals surface area (Å²) in [5, 5.41) is 10.9. The lowest BCUT2D eigenvalue weighted by Gasteiger charge is -2.27. The third-order valence-electron chi connectivity index (χ3n) is 4.08. The van der Waals surface area contributed by atoms with Crippen LogP contribution >= 0.6 is 0 Å². The Morgan fingerprint density at radius 1 is 1.04 bits per heavy atom. The van der Waals surface area contributed by atoms with Gasteiger partial charge < -0.3 is 10.2 Å². The lowest BCUT2D eigenvalue weighted by Crippen LogP contribution is -2.31. The smallest absolute Gasteiger partial charge is 0.276 e. The molecule has 0 saturated heterocycles. The summed E-state index contributed by atoms with van der Waals surface area (Å²) in [5.41, 5.74) is 1.71. The Labute approximate surface area is 157 Å². The minimum Gasteiger partial charge on any atom is -0.348 e. The van der Waals surface area contributed by atoms with E-state index in [4.69, 9.17) is 0 Å². The van der Waals surface area contributed by atoms with Crippen LogP contribution in [0.4, 0.5) is 15.9 Å². The van der Waals surface area contributed by atoms with Gasteiger partial charge in [0.15, 0.2) is 11.5 Å². The Balaban J connectivity index is 1.73. The lowest BCUT2D eigenvalue weighted by molar-refractivity contribution is 0.102. The van der Waals surface area contributed by atoms with Crippen LogP contribution in [0.15, 0.2) is 66.7 Å². The first-order valence-corrected chi connectivity index (χ1v) is 8.74. The van der Waals surface area contributed by atoms with Gasteiger partial charge in [0, 0.05) is 18.3 Å². The van der Waals surface area contributed by atoms with E-state index in [0.29, 0.717) is 18.1 Å². The summed E-state index contributed by atoms with van der Waals surface area (Å²) in [6.07, 6.45) is 0. The monoisotopic (exact) mass is 364 g/mol. The van der Waals surface area contributed by atoms with E-state index in [9.17, 15) is 9.18 Å². The predicted molar refractivity (Wildman–Crippen MR) is 104 cm³/mol. The molecule has 1 N–H and O–H groups in total. The van der Waals surface area contributed by atoms with Crippen molar-refractivity contribution in [2.45, 2.75) is 26.4 Å². The van der Waals surface area contributed by atoms with Crippen molar-refractivity contribution in [3.63, 3.8) is 0 Å². The zero-order chi connectivity index (χ0) is 19.2. The van der Waals surface area contributed by atoms with Crippen LogP contribution in [0.25, 0.3) is 0 Å². The zero-order valence-corrected chi connectivity index (χ0v) is 15.3. The van der Waals surface area contributed by atoms with E-state index >= 15 is 0 Å². The van der Waals surface area contributed by atoms with Crippen LogP contribution < -0.4 is 10.2 Å². The summed E-state index contributed by atoms with van der Waals surface area (Å²) in [7, 11) is 0. The number of carbonyl (C=O) groups is 1. The molecule has 0 atom stereocenters. The molecular formula is C21H21FN4O. The maximum atomic E-state index is 13.2. The van der Waals surface area contributed by atoms with E-state index in [-0.39, 0.29) is 11.7 Å². The van der Waals surface area contributed by atoms with Crippen molar-refractivity contribution in [2.24, 2.45) is 0 Å². The third-order valence-corrected chi connectivity index (χ3v) is 4.08. The molecule has 0 aliphatic rings. The van der Waals surface area contributed by atoms with Gasteiger partial charge in [0.25, 0.3) is 5.91 Å².